The summed E-state index contributed by atoms with van der Waals surface area (Å²) in [5.74, 6) is -2.23. The van der Waals surface area contributed by atoms with E-state index in [1.54, 1.807) is 6.07 Å². The zero-order valence-corrected chi connectivity index (χ0v) is 12.3. The molecule has 0 aliphatic carbocycles. The highest BCUT2D eigenvalue weighted by atomic mass is 32.1. The molecule has 0 atom stereocenters. The Morgan fingerprint density at radius 2 is 1.80 bits per heavy atom. The molecule has 5 heteroatoms. The summed E-state index contributed by atoms with van der Waals surface area (Å²) in [6, 6.07) is 5.19. The lowest BCUT2D eigenvalue weighted by atomic mass is 9.95. The minimum atomic E-state index is -0.896. The summed E-state index contributed by atoms with van der Waals surface area (Å²) in [5, 5.41) is 0. The number of hydrogen-bond acceptors (Lipinski definition) is 3. The summed E-state index contributed by atoms with van der Waals surface area (Å²) >= 11 is 1.31. The van der Waals surface area contributed by atoms with Crippen LogP contribution >= 0.6 is 11.3 Å². The van der Waals surface area contributed by atoms with Crippen LogP contribution in [0.2, 0.25) is 0 Å². The molecule has 106 valence electrons. The normalized spacial score (nSPS) is 11.7. The second-order valence-electron chi connectivity index (χ2n) is 5.60. The van der Waals surface area contributed by atoms with Crippen LogP contribution in [-0.2, 0) is 5.41 Å². The minimum absolute atomic E-state index is 0.0798. The van der Waals surface area contributed by atoms with Crippen molar-refractivity contribution in [2.24, 2.45) is 0 Å². The maximum atomic E-state index is 13.7. The lowest BCUT2D eigenvalue weighted by Crippen LogP contribution is -2.08. The van der Waals surface area contributed by atoms with E-state index in [-0.39, 0.29) is 16.7 Å². The van der Waals surface area contributed by atoms with Gasteiger partial charge < -0.3 is 5.73 Å². The number of nitrogens with two attached hydrogens (primary N) is 1. The Hall–Kier alpha value is -1.75. The van der Waals surface area contributed by atoms with Crippen molar-refractivity contribution in [3.05, 3.63) is 51.2 Å². The molecule has 1 heterocycles. The molecular weight excluding hydrogens is 280 g/mol. The number of halogens is 2. The molecule has 2 N–H and O–H groups in total. The average molecular weight is 295 g/mol. The smallest absolute Gasteiger partial charge is 0.205 e. The predicted octanol–water partition coefficient (Wildman–Crippen LogP) is 4.14. The minimum Gasteiger partial charge on any atom is -0.396 e. The van der Waals surface area contributed by atoms with E-state index in [0.717, 1.165) is 10.9 Å². The van der Waals surface area contributed by atoms with Gasteiger partial charge in [-0.2, -0.15) is 0 Å². The van der Waals surface area contributed by atoms with Crippen LogP contribution < -0.4 is 5.73 Å². The van der Waals surface area contributed by atoms with E-state index in [2.05, 4.69) is 0 Å². The van der Waals surface area contributed by atoms with E-state index in [9.17, 15) is 13.6 Å². The number of thiophene rings is 1. The third kappa shape index (κ3) is 2.72. The number of anilines is 1. The number of rotatable bonds is 2. The molecule has 1 aromatic carbocycles. The highest BCUT2D eigenvalue weighted by molar-refractivity contribution is 7.14. The van der Waals surface area contributed by atoms with E-state index in [4.69, 9.17) is 5.73 Å². The third-order valence-corrected chi connectivity index (χ3v) is 4.41. The maximum Gasteiger partial charge on any atom is 0.205 e. The number of hydrogen-bond donors (Lipinski definition) is 1. The second kappa shape index (κ2) is 4.98. The van der Waals surface area contributed by atoms with E-state index in [0.29, 0.717) is 10.9 Å². The summed E-state index contributed by atoms with van der Waals surface area (Å²) < 4.78 is 26.8. The van der Waals surface area contributed by atoms with Crippen molar-refractivity contribution in [1.82, 2.24) is 0 Å². The van der Waals surface area contributed by atoms with Crippen LogP contribution in [0.4, 0.5) is 14.5 Å². The van der Waals surface area contributed by atoms with Gasteiger partial charge in [0.15, 0.2) is 0 Å². The quantitative estimate of drug-likeness (QED) is 0.668. The Balaban J connectivity index is 2.42. The monoisotopic (exact) mass is 295 g/mol. The molecule has 0 spiro atoms. The van der Waals surface area contributed by atoms with Crippen LogP contribution in [-0.4, -0.2) is 5.78 Å². The fourth-order valence-corrected chi connectivity index (χ4v) is 2.75. The molecule has 0 saturated carbocycles. The predicted molar refractivity (Wildman–Crippen MR) is 77.2 cm³/mol. The first-order valence-corrected chi connectivity index (χ1v) is 6.91. The molecule has 2 aromatic rings. The van der Waals surface area contributed by atoms with Gasteiger partial charge in [-0.3, -0.25) is 4.79 Å². The van der Waals surface area contributed by atoms with E-state index in [1.807, 2.05) is 26.8 Å². The topological polar surface area (TPSA) is 43.1 Å². The Labute approximate surface area is 120 Å². The van der Waals surface area contributed by atoms with Crippen molar-refractivity contribution in [1.29, 1.82) is 0 Å². The first-order chi connectivity index (χ1) is 9.20. The molecule has 0 amide bonds. The highest BCUT2D eigenvalue weighted by Crippen LogP contribution is 2.31. The molecule has 2 nitrogen and oxygen atoms in total. The fraction of sp³-hybridized carbons (Fsp3) is 0.267. The zero-order chi connectivity index (χ0) is 15.1. The van der Waals surface area contributed by atoms with Crippen molar-refractivity contribution in [3.63, 3.8) is 0 Å². The van der Waals surface area contributed by atoms with Crippen LogP contribution in [0.25, 0.3) is 0 Å². The van der Waals surface area contributed by atoms with Gasteiger partial charge >= 0.3 is 0 Å². The molecule has 0 bridgehead atoms. The van der Waals surface area contributed by atoms with Gasteiger partial charge in [0.25, 0.3) is 0 Å². The zero-order valence-electron chi connectivity index (χ0n) is 11.5. The molecule has 1 aromatic heterocycles. The van der Waals surface area contributed by atoms with Crippen molar-refractivity contribution < 1.29 is 13.6 Å². The van der Waals surface area contributed by atoms with Crippen molar-refractivity contribution in [3.8, 4) is 0 Å². The summed E-state index contributed by atoms with van der Waals surface area (Å²) in [4.78, 5) is 13.7. The van der Waals surface area contributed by atoms with E-state index < -0.39 is 17.4 Å². The Bertz CT molecular complexity index is 671. The molecule has 0 unspecified atom stereocenters. The lowest BCUT2D eigenvalue weighted by molar-refractivity contribution is 0.103. The molecule has 0 saturated heterocycles. The van der Waals surface area contributed by atoms with Crippen LogP contribution in [0.1, 0.15) is 40.9 Å². The number of carbonyl (C=O) groups excluding carboxylic acids is 1. The summed E-state index contributed by atoms with van der Waals surface area (Å²) in [7, 11) is 0. The Morgan fingerprint density at radius 1 is 1.15 bits per heavy atom. The summed E-state index contributed by atoms with van der Waals surface area (Å²) in [6.45, 7) is 6.09. The van der Waals surface area contributed by atoms with Gasteiger partial charge in [-0.1, -0.05) is 20.8 Å². The average Bonchev–Trinajstić information content (AvgIpc) is 2.82. The van der Waals surface area contributed by atoms with Crippen LogP contribution in [0.15, 0.2) is 24.3 Å². The standard InChI is InChI=1S/C15H15F2NOS/c1-15(2,3)13-5-4-12(20-13)14(19)8-6-11(18)10(17)7-9(8)16/h4-7H,18H2,1-3H3. The van der Waals surface area contributed by atoms with Crippen molar-refractivity contribution >= 4 is 22.8 Å². The molecule has 20 heavy (non-hydrogen) atoms. The summed E-state index contributed by atoms with van der Waals surface area (Å²) in [5.41, 5.74) is 4.87. The number of benzene rings is 1. The maximum absolute atomic E-state index is 13.7. The van der Waals surface area contributed by atoms with E-state index in [1.165, 1.54) is 11.3 Å². The molecule has 2 rings (SSSR count). The van der Waals surface area contributed by atoms with Crippen LogP contribution in [0.3, 0.4) is 0 Å². The Kier molecular flexibility index (Phi) is 3.65. The van der Waals surface area contributed by atoms with Crippen molar-refractivity contribution in [2.45, 2.75) is 26.2 Å². The van der Waals surface area contributed by atoms with Gasteiger partial charge in [0.2, 0.25) is 5.78 Å². The van der Waals surface area contributed by atoms with E-state index >= 15 is 0 Å². The van der Waals surface area contributed by atoms with Gasteiger partial charge in [-0.15, -0.1) is 11.3 Å². The van der Waals surface area contributed by atoms with Gasteiger partial charge in [0, 0.05) is 10.9 Å². The van der Waals surface area contributed by atoms with Crippen molar-refractivity contribution in [2.75, 3.05) is 5.73 Å². The number of nitrogen functional groups attached to an aromatic ring is 1. The summed E-state index contributed by atoms with van der Waals surface area (Å²) in [6.07, 6.45) is 0. The first-order valence-electron chi connectivity index (χ1n) is 6.09. The highest BCUT2D eigenvalue weighted by Gasteiger charge is 2.21. The number of ketones is 1. The van der Waals surface area contributed by atoms with Crippen LogP contribution in [0, 0.1) is 11.6 Å². The Morgan fingerprint density at radius 3 is 2.35 bits per heavy atom. The number of carbonyl (C=O) groups is 1. The van der Waals surface area contributed by atoms with Gasteiger partial charge in [0.1, 0.15) is 11.6 Å². The molecule has 0 radical (unpaired) electrons. The second-order valence-corrected chi connectivity index (χ2v) is 6.68. The fourth-order valence-electron chi connectivity index (χ4n) is 1.74. The molecule has 0 aliphatic rings. The van der Waals surface area contributed by atoms with Gasteiger partial charge in [0.05, 0.1) is 16.1 Å². The molecular formula is C15H15F2NOS. The molecule has 0 fully saturated rings. The van der Waals surface area contributed by atoms with Crippen LogP contribution in [0.5, 0.6) is 0 Å². The molecule has 0 aliphatic heterocycles. The van der Waals surface area contributed by atoms with Gasteiger partial charge in [-0.05, 0) is 23.6 Å². The lowest BCUT2D eigenvalue weighted by Gasteiger charge is -2.15. The van der Waals surface area contributed by atoms with Gasteiger partial charge in [-0.25, -0.2) is 8.78 Å². The third-order valence-electron chi connectivity index (χ3n) is 2.90. The first kappa shape index (κ1) is 14.7. The SMILES string of the molecule is CC(C)(C)c1ccc(C(=O)c2cc(N)c(F)cc2F)s1. The largest absolute Gasteiger partial charge is 0.396 e.